The minimum absolute atomic E-state index is 0.603. The van der Waals surface area contributed by atoms with E-state index < -0.39 is 0 Å². The van der Waals surface area contributed by atoms with Crippen LogP contribution in [-0.4, -0.2) is 4.98 Å². The molecule has 1 unspecified atom stereocenters. The van der Waals surface area contributed by atoms with E-state index in [9.17, 15) is 0 Å². The van der Waals surface area contributed by atoms with Crippen molar-refractivity contribution in [3.63, 3.8) is 0 Å². The van der Waals surface area contributed by atoms with Gasteiger partial charge in [0.25, 0.3) is 0 Å². The van der Waals surface area contributed by atoms with Gasteiger partial charge in [-0.05, 0) is 30.7 Å². The Hall–Kier alpha value is -1.19. The first-order chi connectivity index (χ1) is 8.76. The normalized spacial score (nSPS) is 18.7. The number of benzene rings is 1. The van der Waals surface area contributed by atoms with E-state index >= 15 is 0 Å². The van der Waals surface area contributed by atoms with Gasteiger partial charge in [0.15, 0.2) is 0 Å². The number of nitrogens with two attached hydrogens (primary N) is 1. The molecular weight excluding hydrogens is 240 g/mol. The van der Waals surface area contributed by atoms with Crippen LogP contribution in [0.15, 0.2) is 24.3 Å². The van der Waals surface area contributed by atoms with E-state index in [0.717, 1.165) is 17.3 Å². The SMILES string of the molecule is CC1CCc2nc(-c3ccc(CN)cc3)sc2C1. The fourth-order valence-electron chi connectivity index (χ4n) is 2.45. The summed E-state index contributed by atoms with van der Waals surface area (Å²) in [5, 5.41) is 1.16. The molecule has 18 heavy (non-hydrogen) atoms. The Morgan fingerprint density at radius 2 is 2.11 bits per heavy atom. The largest absolute Gasteiger partial charge is 0.326 e. The average molecular weight is 258 g/mol. The van der Waals surface area contributed by atoms with Crippen LogP contribution in [-0.2, 0) is 19.4 Å². The number of nitrogens with zero attached hydrogens (tertiary/aromatic N) is 1. The zero-order chi connectivity index (χ0) is 12.5. The third kappa shape index (κ3) is 2.20. The lowest BCUT2D eigenvalue weighted by molar-refractivity contribution is 0.502. The molecular formula is C15H18N2S. The molecule has 0 fully saturated rings. The van der Waals surface area contributed by atoms with Crippen molar-refractivity contribution >= 4 is 11.3 Å². The molecule has 0 saturated heterocycles. The molecule has 0 bridgehead atoms. The number of aryl methyl sites for hydroxylation is 1. The van der Waals surface area contributed by atoms with Crippen LogP contribution < -0.4 is 5.73 Å². The number of hydrogen-bond donors (Lipinski definition) is 1. The van der Waals surface area contributed by atoms with E-state index in [-0.39, 0.29) is 0 Å². The van der Waals surface area contributed by atoms with Crippen LogP contribution >= 0.6 is 11.3 Å². The second kappa shape index (κ2) is 4.82. The number of rotatable bonds is 2. The smallest absolute Gasteiger partial charge is 0.123 e. The molecule has 1 aliphatic carbocycles. The predicted octanol–water partition coefficient (Wildman–Crippen LogP) is 3.39. The summed E-state index contributed by atoms with van der Waals surface area (Å²) in [4.78, 5) is 6.29. The minimum Gasteiger partial charge on any atom is -0.326 e. The monoisotopic (exact) mass is 258 g/mol. The van der Waals surface area contributed by atoms with E-state index in [4.69, 9.17) is 10.7 Å². The van der Waals surface area contributed by atoms with Crippen LogP contribution in [0, 0.1) is 5.92 Å². The highest BCUT2D eigenvalue weighted by atomic mass is 32.1. The third-order valence-electron chi connectivity index (χ3n) is 3.62. The molecule has 2 N–H and O–H groups in total. The van der Waals surface area contributed by atoms with Crippen LogP contribution in [0.2, 0.25) is 0 Å². The standard InChI is InChI=1S/C15H18N2S/c1-10-2-7-13-14(8-10)18-15(17-13)12-5-3-11(9-16)4-6-12/h3-6,10H,2,7-9,16H2,1H3. The van der Waals surface area contributed by atoms with Gasteiger partial charge in [-0.3, -0.25) is 0 Å². The quantitative estimate of drug-likeness (QED) is 0.896. The van der Waals surface area contributed by atoms with E-state index in [0.29, 0.717) is 6.54 Å². The minimum atomic E-state index is 0.603. The van der Waals surface area contributed by atoms with Crippen LogP contribution in [0.5, 0.6) is 0 Å². The van der Waals surface area contributed by atoms with Gasteiger partial charge in [0.1, 0.15) is 5.01 Å². The fourth-order valence-corrected chi connectivity index (χ4v) is 3.72. The molecule has 1 atom stereocenters. The Labute approximate surface area is 112 Å². The molecule has 1 aliphatic rings. The van der Waals surface area contributed by atoms with Crippen molar-refractivity contribution in [3.8, 4) is 10.6 Å². The zero-order valence-electron chi connectivity index (χ0n) is 10.6. The Bertz CT molecular complexity index is 542. The topological polar surface area (TPSA) is 38.9 Å². The maximum Gasteiger partial charge on any atom is 0.123 e. The molecule has 0 amide bonds. The molecule has 1 heterocycles. The molecule has 0 saturated carbocycles. The van der Waals surface area contributed by atoms with Crippen LogP contribution in [0.4, 0.5) is 0 Å². The highest BCUT2D eigenvalue weighted by molar-refractivity contribution is 7.15. The predicted molar refractivity (Wildman–Crippen MR) is 76.6 cm³/mol. The number of thiazole rings is 1. The first kappa shape index (κ1) is 11.9. The summed E-state index contributed by atoms with van der Waals surface area (Å²) in [5.74, 6) is 0.811. The summed E-state index contributed by atoms with van der Waals surface area (Å²) in [5.41, 5.74) is 9.35. The van der Waals surface area contributed by atoms with Gasteiger partial charge in [0.2, 0.25) is 0 Å². The van der Waals surface area contributed by atoms with Crippen LogP contribution in [0.3, 0.4) is 0 Å². The number of fused-ring (bicyclic) bond motifs is 1. The number of aromatic nitrogens is 1. The summed E-state index contributed by atoms with van der Waals surface area (Å²) in [6.45, 7) is 2.94. The second-order valence-corrected chi connectivity index (χ2v) is 6.22. The summed E-state index contributed by atoms with van der Waals surface area (Å²) >= 11 is 1.86. The van der Waals surface area contributed by atoms with Gasteiger partial charge < -0.3 is 5.73 Å². The van der Waals surface area contributed by atoms with Crippen molar-refractivity contribution in [1.29, 1.82) is 0 Å². The molecule has 0 aliphatic heterocycles. The molecule has 0 radical (unpaired) electrons. The molecule has 1 aromatic carbocycles. The van der Waals surface area contributed by atoms with E-state index in [1.54, 1.807) is 0 Å². The van der Waals surface area contributed by atoms with Crippen molar-refractivity contribution < 1.29 is 0 Å². The fraction of sp³-hybridized carbons (Fsp3) is 0.400. The molecule has 1 aromatic heterocycles. The first-order valence-electron chi connectivity index (χ1n) is 6.54. The lowest BCUT2D eigenvalue weighted by Gasteiger charge is -2.15. The summed E-state index contributed by atoms with van der Waals surface area (Å²) in [7, 11) is 0. The molecule has 3 rings (SSSR count). The highest BCUT2D eigenvalue weighted by Crippen LogP contribution is 2.34. The van der Waals surface area contributed by atoms with E-state index in [1.807, 2.05) is 11.3 Å². The van der Waals surface area contributed by atoms with Gasteiger partial charge in [-0.2, -0.15) is 0 Å². The van der Waals surface area contributed by atoms with Crippen LogP contribution in [0.25, 0.3) is 10.6 Å². The average Bonchev–Trinajstić information content (AvgIpc) is 2.81. The van der Waals surface area contributed by atoms with Crippen molar-refractivity contribution in [1.82, 2.24) is 4.98 Å². The second-order valence-electron chi connectivity index (χ2n) is 5.14. The highest BCUT2D eigenvalue weighted by Gasteiger charge is 2.20. The van der Waals surface area contributed by atoms with Gasteiger partial charge in [-0.25, -0.2) is 4.98 Å². The summed E-state index contributed by atoms with van der Waals surface area (Å²) < 4.78 is 0. The van der Waals surface area contributed by atoms with Crippen molar-refractivity contribution in [3.05, 3.63) is 40.4 Å². The van der Waals surface area contributed by atoms with Gasteiger partial charge in [-0.1, -0.05) is 31.2 Å². The summed E-state index contributed by atoms with van der Waals surface area (Å²) in [6.07, 6.45) is 3.63. The lowest BCUT2D eigenvalue weighted by atomic mass is 9.93. The Balaban J connectivity index is 1.92. The van der Waals surface area contributed by atoms with Crippen molar-refractivity contribution in [2.45, 2.75) is 32.7 Å². The van der Waals surface area contributed by atoms with Crippen LogP contribution in [0.1, 0.15) is 29.5 Å². The third-order valence-corrected chi connectivity index (χ3v) is 4.79. The van der Waals surface area contributed by atoms with E-state index in [2.05, 4.69) is 31.2 Å². The van der Waals surface area contributed by atoms with Gasteiger partial charge in [0, 0.05) is 17.0 Å². The van der Waals surface area contributed by atoms with Crippen molar-refractivity contribution in [2.24, 2.45) is 11.7 Å². The molecule has 2 nitrogen and oxygen atoms in total. The zero-order valence-corrected chi connectivity index (χ0v) is 11.5. The maximum atomic E-state index is 5.62. The maximum absolute atomic E-state index is 5.62. The molecule has 2 aromatic rings. The van der Waals surface area contributed by atoms with Gasteiger partial charge >= 0.3 is 0 Å². The molecule has 3 heteroatoms. The Morgan fingerprint density at radius 1 is 1.33 bits per heavy atom. The first-order valence-corrected chi connectivity index (χ1v) is 7.36. The molecule has 94 valence electrons. The van der Waals surface area contributed by atoms with Gasteiger partial charge in [-0.15, -0.1) is 11.3 Å². The Morgan fingerprint density at radius 3 is 2.83 bits per heavy atom. The molecule has 0 spiro atoms. The van der Waals surface area contributed by atoms with Crippen molar-refractivity contribution in [2.75, 3.05) is 0 Å². The van der Waals surface area contributed by atoms with Gasteiger partial charge in [0.05, 0.1) is 5.69 Å². The van der Waals surface area contributed by atoms with E-state index in [1.165, 1.54) is 34.5 Å². The number of hydrogen-bond acceptors (Lipinski definition) is 3. The lowest BCUT2D eigenvalue weighted by Crippen LogP contribution is -2.09. The Kier molecular flexibility index (Phi) is 3.18. The summed E-state index contributed by atoms with van der Waals surface area (Å²) in [6, 6.07) is 8.46.